The Kier molecular flexibility index (Phi) is 17.2. The van der Waals surface area contributed by atoms with Crippen LogP contribution in [0.15, 0.2) is 119 Å². The van der Waals surface area contributed by atoms with Crippen molar-refractivity contribution in [3.05, 3.63) is 124 Å². The molecule has 5 nitrogen and oxygen atoms in total. The first-order valence-corrected chi connectivity index (χ1v) is 29.2. The molecule has 2 aromatic rings. The summed E-state index contributed by atoms with van der Waals surface area (Å²) < 4.78 is 58.4. The van der Waals surface area contributed by atoms with E-state index in [1.807, 2.05) is 110 Å². The van der Waals surface area contributed by atoms with E-state index in [1.165, 1.54) is 22.3 Å². The van der Waals surface area contributed by atoms with E-state index in [0.717, 1.165) is 86.7 Å². The Hall–Kier alpha value is -1.71. The number of benzene rings is 2. The van der Waals surface area contributed by atoms with Crippen LogP contribution < -0.4 is 5.30 Å². The molecule has 0 saturated carbocycles. The van der Waals surface area contributed by atoms with Crippen molar-refractivity contribution in [2.24, 2.45) is 0 Å². The Morgan fingerprint density at radius 1 is 0.529 bits per heavy atom. The van der Waals surface area contributed by atoms with Gasteiger partial charge in [0.2, 0.25) is 0 Å². The molecule has 5 heterocycles. The molecule has 51 heavy (non-hydrogen) atoms. The first kappa shape index (κ1) is 43.7. The molecule has 5 atom stereocenters. The maximum atomic E-state index is 12.3. The fourth-order valence-electron chi connectivity index (χ4n) is 6.37. The smallest absolute Gasteiger partial charge is 0.136 e. The van der Waals surface area contributed by atoms with Gasteiger partial charge in [-0.15, -0.1) is 0 Å². The Balaban J connectivity index is 0.000000177. The second-order valence-corrected chi connectivity index (χ2v) is 29.9. The van der Waals surface area contributed by atoms with Gasteiger partial charge >= 0.3 is 0 Å². The predicted molar refractivity (Wildman–Crippen MR) is 228 cm³/mol. The van der Waals surface area contributed by atoms with Crippen molar-refractivity contribution < 1.29 is 22.8 Å². The number of allylic oxidation sites excluding steroid dienone is 5. The van der Waals surface area contributed by atoms with E-state index in [2.05, 4.69) is 32.9 Å². The van der Waals surface area contributed by atoms with Crippen molar-refractivity contribution in [1.29, 1.82) is 0 Å². The molecule has 0 aromatic heterocycles. The van der Waals surface area contributed by atoms with Crippen molar-refractivity contribution in [2.45, 2.75) is 72.9 Å². The normalized spacial score (nSPS) is 31.4. The molecular weight excluding hydrogens is 727 g/mol. The van der Waals surface area contributed by atoms with E-state index < -0.39 is 35.7 Å². The summed E-state index contributed by atoms with van der Waals surface area (Å²) in [6.45, 7) is 12.0. The summed E-state index contributed by atoms with van der Waals surface area (Å²) in [6.07, 6.45) is 16.0. The van der Waals surface area contributed by atoms with Crippen LogP contribution >= 0.6 is 35.7 Å². The fraction of sp³-hybridized carbons (Fsp3) is 0.463. The predicted octanol–water partition coefficient (Wildman–Crippen LogP) is 13.7. The van der Waals surface area contributed by atoms with Gasteiger partial charge in [0.15, 0.2) is 0 Å². The monoisotopic (exact) mass is 788 g/mol. The van der Waals surface area contributed by atoms with Crippen LogP contribution in [0, 0.1) is 0 Å². The zero-order valence-electron chi connectivity index (χ0n) is 31.8. The molecule has 280 valence electrons. The van der Waals surface area contributed by atoms with Gasteiger partial charge in [0.05, 0.1) is 0 Å². The van der Waals surface area contributed by atoms with Gasteiger partial charge < -0.3 is 22.8 Å². The molecule has 0 saturated heterocycles. The van der Waals surface area contributed by atoms with Crippen molar-refractivity contribution in [3.63, 3.8) is 0 Å². The van der Waals surface area contributed by atoms with E-state index in [9.17, 15) is 22.8 Å². The van der Waals surface area contributed by atoms with Gasteiger partial charge in [-0.2, -0.15) is 0 Å². The van der Waals surface area contributed by atoms with E-state index in [0.29, 0.717) is 0 Å². The van der Waals surface area contributed by atoms with Gasteiger partial charge in [-0.1, -0.05) is 103 Å². The van der Waals surface area contributed by atoms with E-state index >= 15 is 0 Å². The van der Waals surface area contributed by atoms with Crippen LogP contribution in [-0.2, 0) is 29.0 Å². The van der Waals surface area contributed by atoms with Crippen LogP contribution in [0.2, 0.25) is 0 Å². The molecule has 2 aromatic carbocycles. The average Bonchev–Trinajstić information content (AvgIpc) is 3.95. The van der Waals surface area contributed by atoms with E-state index in [-0.39, 0.29) is 0 Å². The summed E-state index contributed by atoms with van der Waals surface area (Å²) in [5.74, 6) is 9.75. The molecule has 0 fully saturated rings. The zero-order chi connectivity index (χ0) is 37.6. The minimum Gasteiger partial charge on any atom is -0.320 e. The number of rotatable bonds is 5. The van der Waals surface area contributed by atoms with Crippen LogP contribution in [0.25, 0.3) is 0 Å². The molecule has 5 unspecified atom stereocenters. The standard InChI is InChI=1S/C12H15OP.C11H13OP.C7H13OP.C6H11OP.C5H9OP/c1-11-7-8-14(13,9-11)10-12-5-3-2-4-6-12;1-10-7-8-13(12,9-10)11-5-3-2-4-6-11;1-3-9(8)5-4-7(2)6-9;1-2-8(7)5-3-4-6-8;1-7(6)4-2-3-5-7/h2-6,9H,7-8,10H2,1H3;2-6,9H,7-8H2,1H3;6H,3-5H2,1-2H3;3,5H,2,4,6H2,1H3;2,4H,3,5H2,1H3. The van der Waals surface area contributed by atoms with Crippen LogP contribution in [0.1, 0.15) is 72.3 Å². The Labute approximate surface area is 309 Å². The van der Waals surface area contributed by atoms with E-state index in [4.69, 9.17) is 0 Å². The Bertz CT molecular complexity index is 1840. The summed E-state index contributed by atoms with van der Waals surface area (Å²) in [5.41, 5.74) is 5.08. The molecular formula is C41H61O5P5. The van der Waals surface area contributed by atoms with Gasteiger partial charge in [0, 0.05) is 54.6 Å². The SMILES string of the molecule is CC1=CP(=O)(Cc2ccccc2)CC1.CC1=CP(=O)(c2ccccc2)CC1.CCP1(=O)C=C(C)CC1.CCP1(=O)C=CCC1.CP1(=O)C=CCC1. The third-order valence-electron chi connectivity index (χ3n) is 9.72. The Morgan fingerprint density at radius 3 is 1.37 bits per heavy atom. The highest BCUT2D eigenvalue weighted by molar-refractivity contribution is 7.74. The largest absolute Gasteiger partial charge is 0.320 e. The molecule has 0 N–H and O–H groups in total. The van der Waals surface area contributed by atoms with E-state index in [1.54, 1.807) is 0 Å². The van der Waals surface area contributed by atoms with Crippen LogP contribution in [0.3, 0.4) is 0 Å². The summed E-state index contributed by atoms with van der Waals surface area (Å²) in [5, 5.41) is 1.01. The summed E-state index contributed by atoms with van der Waals surface area (Å²) in [7, 11) is -9.38. The lowest BCUT2D eigenvalue weighted by atomic mass is 10.2. The second kappa shape index (κ2) is 20.1. The molecule has 5 aliphatic heterocycles. The third-order valence-corrected chi connectivity index (χ3v) is 23.2. The minimum absolute atomic E-state index is 0.741. The van der Waals surface area contributed by atoms with Gasteiger partial charge in [0.25, 0.3) is 0 Å². The maximum Gasteiger partial charge on any atom is 0.136 e. The van der Waals surface area contributed by atoms with Crippen LogP contribution in [-0.4, -0.2) is 49.8 Å². The summed E-state index contributed by atoms with van der Waals surface area (Å²) in [6, 6.07) is 19.9. The zero-order valence-corrected chi connectivity index (χ0v) is 36.3. The van der Waals surface area contributed by atoms with Gasteiger partial charge in [-0.05, 0) is 94.2 Å². The lowest BCUT2D eigenvalue weighted by Gasteiger charge is -2.08. The van der Waals surface area contributed by atoms with Crippen molar-refractivity contribution in [1.82, 2.24) is 0 Å². The topological polar surface area (TPSA) is 85.3 Å². The molecule has 0 amide bonds. The van der Waals surface area contributed by atoms with Crippen molar-refractivity contribution >= 4 is 41.0 Å². The van der Waals surface area contributed by atoms with Gasteiger partial charge in [0.1, 0.15) is 35.7 Å². The van der Waals surface area contributed by atoms with Crippen LogP contribution in [0.4, 0.5) is 0 Å². The lowest BCUT2D eigenvalue weighted by molar-refractivity contribution is 0.580. The molecule has 7 rings (SSSR count). The highest BCUT2D eigenvalue weighted by Crippen LogP contribution is 2.57. The molecule has 0 bridgehead atoms. The highest BCUT2D eigenvalue weighted by Gasteiger charge is 2.27. The van der Waals surface area contributed by atoms with Crippen molar-refractivity contribution in [3.8, 4) is 0 Å². The third kappa shape index (κ3) is 15.3. The lowest BCUT2D eigenvalue weighted by Crippen LogP contribution is -2.01. The van der Waals surface area contributed by atoms with Crippen LogP contribution in [0.5, 0.6) is 0 Å². The van der Waals surface area contributed by atoms with Gasteiger partial charge in [-0.3, -0.25) is 0 Å². The quantitative estimate of drug-likeness (QED) is 0.282. The molecule has 0 radical (unpaired) electrons. The first-order valence-electron chi connectivity index (χ1n) is 18.4. The first-order chi connectivity index (χ1) is 24.0. The second-order valence-electron chi connectivity index (χ2n) is 14.6. The minimum atomic E-state index is -2.14. The summed E-state index contributed by atoms with van der Waals surface area (Å²) in [4.78, 5) is 0. The van der Waals surface area contributed by atoms with Gasteiger partial charge in [-0.25, -0.2) is 0 Å². The number of hydrogen-bond donors (Lipinski definition) is 0. The van der Waals surface area contributed by atoms with Crippen molar-refractivity contribution in [2.75, 3.05) is 49.8 Å². The average molecular weight is 789 g/mol. The highest BCUT2D eigenvalue weighted by atomic mass is 31.2. The molecule has 0 spiro atoms. The fourth-order valence-corrected chi connectivity index (χ4v) is 17.5. The molecule has 5 aliphatic rings. The molecule has 0 aliphatic carbocycles. The Morgan fingerprint density at radius 2 is 1.02 bits per heavy atom. The maximum absolute atomic E-state index is 12.3. The summed E-state index contributed by atoms with van der Waals surface area (Å²) >= 11 is 0. The molecule has 10 heteroatoms. The number of hydrogen-bond acceptors (Lipinski definition) is 5.